The van der Waals surface area contributed by atoms with Gasteiger partial charge < -0.3 is 24.7 Å². The Bertz CT molecular complexity index is 668. The van der Waals surface area contributed by atoms with E-state index < -0.39 is 24.5 Å². The van der Waals surface area contributed by atoms with Gasteiger partial charge in [-0.05, 0) is 0 Å². The van der Waals surface area contributed by atoms with Gasteiger partial charge in [0, 0.05) is 7.11 Å². The summed E-state index contributed by atoms with van der Waals surface area (Å²) in [5.74, 6) is 0. The summed E-state index contributed by atoms with van der Waals surface area (Å²) in [4.78, 5) is 22.0. The number of aliphatic hydroxyl groups is 2. The number of nitrogens with zero attached hydrogens (tertiary/aromatic N) is 3. The smallest absolute Gasteiger partial charge is 0.278 e. The van der Waals surface area contributed by atoms with Crippen molar-refractivity contribution in [3.05, 3.63) is 23.0 Å². The van der Waals surface area contributed by atoms with Crippen LogP contribution >= 0.6 is 0 Å². The van der Waals surface area contributed by atoms with Crippen LogP contribution in [0.25, 0.3) is 11.2 Å². The molecule has 0 radical (unpaired) electrons. The van der Waals surface area contributed by atoms with Crippen LogP contribution in [-0.4, -0.2) is 61.8 Å². The van der Waals surface area contributed by atoms with Gasteiger partial charge in [-0.2, -0.15) is 0 Å². The van der Waals surface area contributed by atoms with Gasteiger partial charge in [-0.1, -0.05) is 0 Å². The van der Waals surface area contributed by atoms with Crippen LogP contribution in [0.5, 0.6) is 0 Å². The Morgan fingerprint density at radius 1 is 1.55 bits per heavy atom. The van der Waals surface area contributed by atoms with E-state index in [9.17, 15) is 15.0 Å². The minimum atomic E-state index is -1.00. The van der Waals surface area contributed by atoms with Crippen LogP contribution in [0.2, 0.25) is 0 Å². The Balaban J connectivity index is 2.04. The topological polar surface area (TPSA) is 122 Å². The maximum atomic E-state index is 11.6. The van der Waals surface area contributed by atoms with E-state index in [2.05, 4.69) is 15.0 Å². The molecular formula is C11H14N4O5. The van der Waals surface area contributed by atoms with Gasteiger partial charge in [-0.3, -0.25) is 9.36 Å². The molecule has 0 bridgehead atoms. The monoisotopic (exact) mass is 282 g/mol. The van der Waals surface area contributed by atoms with Crippen LogP contribution in [-0.2, 0) is 9.47 Å². The van der Waals surface area contributed by atoms with Crippen molar-refractivity contribution in [2.75, 3.05) is 13.7 Å². The Morgan fingerprint density at radius 2 is 2.35 bits per heavy atom. The van der Waals surface area contributed by atoms with Crippen LogP contribution in [0.15, 0.2) is 17.4 Å². The second-order valence-electron chi connectivity index (χ2n) is 4.49. The number of methoxy groups -OCH3 is 1. The van der Waals surface area contributed by atoms with E-state index in [1.165, 1.54) is 24.3 Å². The molecule has 0 saturated carbocycles. The fraction of sp³-hybridized carbons (Fsp3) is 0.545. The number of hydrogen-bond acceptors (Lipinski definition) is 7. The van der Waals surface area contributed by atoms with Crippen molar-refractivity contribution in [2.45, 2.75) is 24.5 Å². The molecule has 0 amide bonds. The van der Waals surface area contributed by atoms with Crippen LogP contribution < -0.4 is 5.56 Å². The Hall–Kier alpha value is -1.81. The molecule has 20 heavy (non-hydrogen) atoms. The molecule has 0 aliphatic carbocycles. The predicted octanol–water partition coefficient (Wildman–Crippen LogP) is -1.61. The third-order valence-corrected chi connectivity index (χ3v) is 3.40. The van der Waals surface area contributed by atoms with E-state index in [1.807, 2.05) is 0 Å². The molecular weight excluding hydrogens is 268 g/mol. The molecule has 1 aliphatic rings. The average molecular weight is 282 g/mol. The maximum Gasteiger partial charge on any atom is 0.278 e. The summed E-state index contributed by atoms with van der Waals surface area (Å²) >= 11 is 0. The lowest BCUT2D eigenvalue weighted by Crippen LogP contribution is -2.35. The van der Waals surface area contributed by atoms with E-state index in [1.54, 1.807) is 0 Å². The minimum absolute atomic E-state index is 0.157. The zero-order valence-corrected chi connectivity index (χ0v) is 10.6. The minimum Gasteiger partial charge on any atom is -0.394 e. The third-order valence-electron chi connectivity index (χ3n) is 3.40. The van der Waals surface area contributed by atoms with Gasteiger partial charge in [-0.25, -0.2) is 9.97 Å². The first kappa shape index (κ1) is 13.2. The summed E-state index contributed by atoms with van der Waals surface area (Å²) in [5.41, 5.74) is 0.0826. The molecule has 3 N–H and O–H groups in total. The Morgan fingerprint density at radius 3 is 3.00 bits per heavy atom. The molecule has 1 saturated heterocycles. The fourth-order valence-corrected chi connectivity index (χ4v) is 2.44. The number of aliphatic hydroxyl groups excluding tert-OH is 2. The molecule has 1 aliphatic heterocycles. The Labute approximate surface area is 112 Å². The van der Waals surface area contributed by atoms with Crippen molar-refractivity contribution in [1.82, 2.24) is 19.5 Å². The van der Waals surface area contributed by atoms with Crippen molar-refractivity contribution in [1.29, 1.82) is 0 Å². The number of fused-ring (bicyclic) bond motifs is 1. The highest BCUT2D eigenvalue weighted by Crippen LogP contribution is 2.32. The first-order chi connectivity index (χ1) is 9.67. The number of imidazole rings is 1. The SMILES string of the molecule is CO[C@H]1[C@@H](O)[C@H](n2cnc3c(=O)[nH]cnc32)O[C@H]1CO. The molecule has 2 aromatic heterocycles. The number of hydrogen-bond donors (Lipinski definition) is 3. The predicted molar refractivity (Wildman–Crippen MR) is 65.9 cm³/mol. The second-order valence-corrected chi connectivity index (χ2v) is 4.49. The standard InChI is InChI=1S/C11H14N4O5/c1-19-8-5(2-16)20-11(7(8)17)15-4-14-6-9(15)12-3-13-10(6)18/h3-5,7-8,11,16-17H,2H2,1H3,(H,12,13,18)/t5-,7+,8+,11+/m0/s1. The van der Waals surface area contributed by atoms with Crippen molar-refractivity contribution in [3.63, 3.8) is 0 Å². The molecule has 9 nitrogen and oxygen atoms in total. The lowest BCUT2D eigenvalue weighted by atomic mass is 10.1. The summed E-state index contributed by atoms with van der Waals surface area (Å²) in [6, 6.07) is 0. The summed E-state index contributed by atoms with van der Waals surface area (Å²) in [7, 11) is 1.43. The Kier molecular flexibility index (Phi) is 3.26. The first-order valence-corrected chi connectivity index (χ1v) is 6.04. The largest absolute Gasteiger partial charge is 0.394 e. The van der Waals surface area contributed by atoms with E-state index in [0.29, 0.717) is 5.65 Å². The van der Waals surface area contributed by atoms with Crippen LogP contribution in [0.4, 0.5) is 0 Å². The van der Waals surface area contributed by atoms with Crippen LogP contribution in [0, 0.1) is 0 Å². The maximum absolute atomic E-state index is 11.6. The quantitative estimate of drug-likeness (QED) is 0.618. The van der Waals surface area contributed by atoms with Gasteiger partial charge in [0.1, 0.15) is 18.3 Å². The number of ether oxygens (including phenoxy) is 2. The van der Waals surface area contributed by atoms with Gasteiger partial charge in [0.2, 0.25) is 0 Å². The number of nitrogens with one attached hydrogen (secondary N) is 1. The molecule has 2 aromatic rings. The highest BCUT2D eigenvalue weighted by Gasteiger charge is 2.45. The first-order valence-electron chi connectivity index (χ1n) is 6.04. The second kappa shape index (κ2) is 4.94. The fourth-order valence-electron chi connectivity index (χ4n) is 2.44. The molecule has 3 heterocycles. The van der Waals surface area contributed by atoms with E-state index in [-0.39, 0.29) is 17.7 Å². The van der Waals surface area contributed by atoms with E-state index in [0.717, 1.165) is 0 Å². The highest BCUT2D eigenvalue weighted by molar-refractivity contribution is 5.68. The number of aromatic amines is 1. The zero-order chi connectivity index (χ0) is 14.3. The van der Waals surface area contributed by atoms with Crippen LogP contribution in [0.3, 0.4) is 0 Å². The van der Waals surface area contributed by atoms with Crippen molar-refractivity contribution in [2.24, 2.45) is 0 Å². The molecule has 0 aromatic carbocycles. The number of rotatable bonds is 3. The summed E-state index contributed by atoms with van der Waals surface area (Å²) < 4.78 is 12.2. The lowest BCUT2D eigenvalue weighted by molar-refractivity contribution is -0.0535. The highest BCUT2D eigenvalue weighted by atomic mass is 16.6. The summed E-state index contributed by atoms with van der Waals surface area (Å²) in [6.07, 6.45) is -0.523. The van der Waals surface area contributed by atoms with Crippen LogP contribution in [0.1, 0.15) is 6.23 Å². The molecule has 0 spiro atoms. The van der Waals surface area contributed by atoms with E-state index >= 15 is 0 Å². The van der Waals surface area contributed by atoms with E-state index in [4.69, 9.17) is 9.47 Å². The van der Waals surface area contributed by atoms with Gasteiger partial charge >= 0.3 is 0 Å². The summed E-state index contributed by atoms with van der Waals surface area (Å²) in [5, 5.41) is 19.5. The third kappa shape index (κ3) is 1.83. The molecule has 1 fully saturated rings. The average Bonchev–Trinajstić information content (AvgIpc) is 3.00. The van der Waals surface area contributed by atoms with Crippen molar-refractivity contribution < 1.29 is 19.7 Å². The molecule has 3 rings (SSSR count). The van der Waals surface area contributed by atoms with Gasteiger partial charge in [-0.15, -0.1) is 0 Å². The molecule has 9 heteroatoms. The number of H-pyrrole nitrogens is 1. The van der Waals surface area contributed by atoms with Gasteiger partial charge in [0.25, 0.3) is 5.56 Å². The van der Waals surface area contributed by atoms with Crippen molar-refractivity contribution >= 4 is 11.2 Å². The van der Waals surface area contributed by atoms with Gasteiger partial charge in [0.15, 0.2) is 17.4 Å². The lowest BCUT2D eigenvalue weighted by Gasteiger charge is -2.17. The molecule has 108 valence electrons. The molecule has 4 atom stereocenters. The number of aromatic nitrogens is 4. The van der Waals surface area contributed by atoms with Gasteiger partial charge in [0.05, 0.1) is 19.3 Å². The van der Waals surface area contributed by atoms with Crippen molar-refractivity contribution in [3.8, 4) is 0 Å². The zero-order valence-electron chi connectivity index (χ0n) is 10.6. The summed E-state index contributed by atoms with van der Waals surface area (Å²) in [6.45, 7) is -0.285. The normalized spacial score (nSPS) is 30.1. The molecule has 0 unspecified atom stereocenters.